The predicted octanol–water partition coefficient (Wildman–Crippen LogP) is 5.28. The first kappa shape index (κ1) is 40.2. The number of ether oxygens (including phenoxy) is 2. The van der Waals surface area contributed by atoms with E-state index in [2.05, 4.69) is 47.8 Å². The van der Waals surface area contributed by atoms with E-state index in [4.69, 9.17) is 9.47 Å². The molecule has 2 bridgehead atoms. The molecule has 3 saturated heterocycles. The van der Waals surface area contributed by atoms with Crippen LogP contribution in [-0.4, -0.2) is 107 Å². The molecule has 1 N–H and O–H groups in total. The number of fused-ring (bicyclic) bond motifs is 1. The molecule has 3 aliphatic heterocycles. The smallest absolute Gasteiger partial charge is 0.313 e. The van der Waals surface area contributed by atoms with Crippen molar-refractivity contribution in [1.29, 1.82) is 0 Å². The molecule has 53 heavy (non-hydrogen) atoms. The Labute approximate surface area is 321 Å². The molecule has 2 aromatic rings. The number of allylic oxidation sites excluding steroid dienone is 1. The highest BCUT2D eigenvalue weighted by Crippen LogP contribution is 2.60. The van der Waals surface area contributed by atoms with Crippen molar-refractivity contribution in [2.45, 2.75) is 81.2 Å². The molecule has 286 valence electrons. The molecule has 5 rings (SSSR count). The van der Waals surface area contributed by atoms with Crippen LogP contribution in [0.25, 0.3) is 0 Å². The second-order valence-corrected chi connectivity index (χ2v) is 15.2. The van der Waals surface area contributed by atoms with Gasteiger partial charge in [0.25, 0.3) is 5.91 Å². The average molecular weight is 794 g/mol. The highest BCUT2D eigenvalue weighted by molar-refractivity contribution is 9.09. The molecule has 3 heterocycles. The molecule has 12 heteroatoms. The Kier molecular flexibility index (Phi) is 13.2. The van der Waals surface area contributed by atoms with Gasteiger partial charge in [-0.05, 0) is 69.9 Å². The zero-order valence-corrected chi connectivity index (χ0v) is 32.8. The van der Waals surface area contributed by atoms with Crippen LogP contribution < -0.4 is 9.80 Å². The number of carbonyl (C=O) groups excluding carboxylic acids is 4. The fourth-order valence-corrected chi connectivity index (χ4v) is 9.26. The Bertz CT molecular complexity index is 1640. The molecule has 0 saturated carbocycles. The van der Waals surface area contributed by atoms with Crippen molar-refractivity contribution >= 4 is 51.0 Å². The zero-order valence-electron chi connectivity index (χ0n) is 31.2. The maximum atomic E-state index is 14.9. The molecule has 0 aromatic heterocycles. The van der Waals surface area contributed by atoms with Crippen LogP contribution in [-0.2, 0) is 28.7 Å². The van der Waals surface area contributed by atoms with Crippen molar-refractivity contribution < 1.29 is 33.8 Å². The van der Waals surface area contributed by atoms with Gasteiger partial charge in [0, 0.05) is 62.5 Å². The number of likely N-dealkylation sites (tertiary alicyclic amines) is 1. The summed E-state index contributed by atoms with van der Waals surface area (Å²) < 4.78 is 13.1. The number of benzene rings is 2. The number of nitrogens with zero attached hydrogens (tertiary/aromatic N) is 4. The highest BCUT2D eigenvalue weighted by atomic mass is 79.9. The molecule has 1 unspecified atom stereocenters. The number of esters is 1. The van der Waals surface area contributed by atoms with Gasteiger partial charge in [-0.15, -0.1) is 13.2 Å². The predicted molar refractivity (Wildman–Crippen MR) is 209 cm³/mol. The number of likely N-dealkylation sites (N-methyl/N-ethyl adjacent to an activating group) is 1. The second kappa shape index (κ2) is 17.4. The number of hydrogen-bond acceptors (Lipinski definition) is 8. The fourth-order valence-electron chi connectivity index (χ4n) is 8.31. The standard InChI is InChI=1S/C41H53BrN4O7/c1-7-11-18-32(48)43(6)27(5)35(28-16-13-12-14-17-28)52-40(51)33-34-38(49)46(24-15-25-47)37(41(34)26-31(42)36(33)53-41)39(50)45(23-8-2)30-21-19-29(20-22-30)44(9-3)10-4/h7-8,12-14,16-17,19-22,27,31,33-37,47H,1-2,9-11,15,18,23-26H2,3-6H3/t27-,31?,33-,34+,35+,36-,37-,41+/m1/s1. The minimum atomic E-state index is -1.32. The lowest BCUT2D eigenvalue weighted by Gasteiger charge is -2.37. The average Bonchev–Trinajstić information content (AvgIpc) is 3.77. The maximum absolute atomic E-state index is 14.9. The lowest BCUT2D eigenvalue weighted by Crippen LogP contribution is -2.57. The summed E-state index contributed by atoms with van der Waals surface area (Å²) in [5.74, 6) is -3.48. The molecule has 0 aliphatic carbocycles. The molecule has 3 aliphatic rings. The number of rotatable bonds is 18. The summed E-state index contributed by atoms with van der Waals surface area (Å²) in [6, 6.07) is 15.4. The van der Waals surface area contributed by atoms with Crippen molar-refractivity contribution in [3.8, 4) is 0 Å². The quantitative estimate of drug-likeness (QED) is 0.123. The van der Waals surface area contributed by atoms with Crippen molar-refractivity contribution in [3.63, 3.8) is 0 Å². The minimum absolute atomic E-state index is 0.108. The van der Waals surface area contributed by atoms with Gasteiger partial charge in [0.2, 0.25) is 11.8 Å². The van der Waals surface area contributed by atoms with E-state index in [0.29, 0.717) is 24.1 Å². The van der Waals surface area contributed by atoms with Gasteiger partial charge in [-0.1, -0.05) is 58.4 Å². The van der Waals surface area contributed by atoms with Crippen molar-refractivity contribution in [1.82, 2.24) is 9.80 Å². The topological polar surface area (TPSA) is 120 Å². The molecule has 0 radical (unpaired) electrons. The molecular weight excluding hydrogens is 740 g/mol. The summed E-state index contributed by atoms with van der Waals surface area (Å²) in [5, 5.41) is 9.83. The van der Waals surface area contributed by atoms with E-state index in [1.807, 2.05) is 61.5 Å². The lowest BCUT2D eigenvalue weighted by atomic mass is 9.70. The van der Waals surface area contributed by atoms with Crippen molar-refractivity contribution in [2.24, 2.45) is 11.8 Å². The number of hydrogen-bond donors (Lipinski definition) is 1. The first-order valence-corrected chi connectivity index (χ1v) is 19.5. The minimum Gasteiger partial charge on any atom is -0.455 e. The molecule has 8 atom stereocenters. The van der Waals surface area contributed by atoms with Crippen LogP contribution in [0.15, 0.2) is 79.9 Å². The number of anilines is 2. The van der Waals surface area contributed by atoms with Crippen LogP contribution in [0.3, 0.4) is 0 Å². The summed E-state index contributed by atoms with van der Waals surface area (Å²) in [6.45, 7) is 15.4. The van der Waals surface area contributed by atoms with E-state index in [0.717, 1.165) is 18.8 Å². The van der Waals surface area contributed by atoms with Gasteiger partial charge in [-0.25, -0.2) is 0 Å². The molecule has 2 aromatic carbocycles. The summed E-state index contributed by atoms with van der Waals surface area (Å²) >= 11 is 3.75. The van der Waals surface area contributed by atoms with Gasteiger partial charge < -0.3 is 34.2 Å². The van der Waals surface area contributed by atoms with Crippen LogP contribution in [0.1, 0.15) is 58.1 Å². The van der Waals surface area contributed by atoms with Gasteiger partial charge in [0.1, 0.15) is 17.7 Å². The summed E-state index contributed by atoms with van der Waals surface area (Å²) in [4.78, 5) is 63.7. The number of aliphatic hydroxyl groups excluding tert-OH is 1. The number of alkyl halides is 1. The molecule has 11 nitrogen and oxygen atoms in total. The number of amides is 3. The van der Waals surface area contributed by atoms with Gasteiger partial charge in [-0.2, -0.15) is 0 Å². The van der Waals surface area contributed by atoms with Crippen LogP contribution in [0.4, 0.5) is 11.4 Å². The molecule has 1 spiro atoms. The third-order valence-corrected chi connectivity index (χ3v) is 11.9. The number of carbonyl (C=O) groups is 4. The van der Waals surface area contributed by atoms with Crippen molar-refractivity contribution in [3.05, 3.63) is 85.5 Å². The normalized spacial score (nSPS) is 25.4. The van der Waals surface area contributed by atoms with E-state index >= 15 is 0 Å². The Morgan fingerprint density at radius 3 is 2.34 bits per heavy atom. The maximum Gasteiger partial charge on any atom is 0.313 e. The molecular formula is C41H53BrN4O7. The Morgan fingerprint density at radius 1 is 1.08 bits per heavy atom. The lowest BCUT2D eigenvalue weighted by molar-refractivity contribution is -0.164. The van der Waals surface area contributed by atoms with E-state index in [1.54, 1.807) is 29.0 Å². The van der Waals surface area contributed by atoms with Crippen LogP contribution in [0.2, 0.25) is 0 Å². The van der Waals surface area contributed by atoms with Gasteiger partial charge >= 0.3 is 5.97 Å². The van der Waals surface area contributed by atoms with Gasteiger partial charge in [0.05, 0.1) is 24.0 Å². The zero-order chi connectivity index (χ0) is 38.4. The van der Waals surface area contributed by atoms with E-state index in [1.165, 1.54) is 4.90 Å². The molecule has 3 amide bonds. The van der Waals surface area contributed by atoms with Crippen LogP contribution >= 0.6 is 15.9 Å². The summed E-state index contributed by atoms with van der Waals surface area (Å²) in [7, 11) is 1.69. The number of aliphatic hydroxyl groups is 1. The SMILES string of the molecule is C=CCCC(=O)N(C)[C@H](C)[C@H](OC(=O)[C@H]1[C@@H]2O[C@@]3(CC2Br)[C@@H]1C(=O)N(CCCO)[C@@H]3C(=O)N(CC=C)c1ccc(N(CC)CC)cc1)c1ccccc1. The Hall–Kier alpha value is -4.00. The van der Waals surface area contributed by atoms with Crippen LogP contribution in [0.5, 0.6) is 0 Å². The van der Waals surface area contributed by atoms with E-state index in [-0.39, 0.29) is 55.1 Å². The monoisotopic (exact) mass is 792 g/mol. The van der Waals surface area contributed by atoms with Crippen LogP contribution in [0, 0.1) is 11.8 Å². The van der Waals surface area contributed by atoms with E-state index in [9.17, 15) is 24.3 Å². The Balaban J connectivity index is 1.50. The third kappa shape index (κ3) is 7.68. The molecule has 3 fully saturated rings. The largest absolute Gasteiger partial charge is 0.455 e. The van der Waals surface area contributed by atoms with Crippen molar-refractivity contribution in [2.75, 3.05) is 49.6 Å². The first-order valence-electron chi connectivity index (χ1n) is 18.6. The first-order chi connectivity index (χ1) is 25.5. The van der Waals surface area contributed by atoms with E-state index < -0.39 is 47.7 Å². The highest BCUT2D eigenvalue weighted by Gasteiger charge is 2.77. The Morgan fingerprint density at radius 2 is 1.74 bits per heavy atom. The number of halogens is 1. The summed E-state index contributed by atoms with van der Waals surface area (Å²) in [6.07, 6.45) is 3.12. The third-order valence-electron chi connectivity index (χ3n) is 11.1. The van der Waals surface area contributed by atoms with Gasteiger partial charge in [0.15, 0.2) is 0 Å². The summed E-state index contributed by atoms with van der Waals surface area (Å²) in [5.41, 5.74) is 1.05. The van der Waals surface area contributed by atoms with Gasteiger partial charge in [-0.3, -0.25) is 19.2 Å². The fraction of sp³-hybridized carbons (Fsp3) is 0.512. The second-order valence-electron chi connectivity index (χ2n) is 14.0.